The molecular formula is C19H30N3O3+. The number of amides is 2. The van der Waals surface area contributed by atoms with E-state index in [1.54, 1.807) is 7.05 Å². The third-order valence-corrected chi connectivity index (χ3v) is 4.64. The third-order valence-electron chi connectivity index (χ3n) is 4.64. The molecule has 1 aromatic carbocycles. The highest BCUT2D eigenvalue weighted by molar-refractivity contribution is 5.94. The van der Waals surface area contributed by atoms with E-state index in [1.807, 2.05) is 52.0 Å². The number of nitrogens with zero attached hydrogens (tertiary/aromatic N) is 1. The van der Waals surface area contributed by atoms with Gasteiger partial charge in [0, 0.05) is 12.7 Å². The smallest absolute Gasteiger partial charge is 0.280 e. The van der Waals surface area contributed by atoms with Crippen LogP contribution in [0.4, 0.5) is 5.69 Å². The van der Waals surface area contributed by atoms with Crippen molar-refractivity contribution in [3.63, 3.8) is 0 Å². The van der Waals surface area contributed by atoms with Gasteiger partial charge in [-0.25, -0.2) is 0 Å². The molecule has 0 aromatic heterocycles. The quantitative estimate of drug-likeness (QED) is 0.813. The van der Waals surface area contributed by atoms with E-state index >= 15 is 0 Å². The second kappa shape index (κ2) is 8.45. The van der Waals surface area contributed by atoms with Crippen LogP contribution in [0.2, 0.25) is 0 Å². The van der Waals surface area contributed by atoms with Crippen LogP contribution in [0.3, 0.4) is 0 Å². The number of nitrogens with one attached hydrogen (secondary N) is 2. The second-order valence-electron chi connectivity index (χ2n) is 7.15. The number of ether oxygens (including phenoxy) is 1. The molecule has 1 unspecified atom stereocenters. The van der Waals surface area contributed by atoms with Gasteiger partial charge in [-0.05, 0) is 39.8 Å². The SMILES string of the molecule is Cc1ccc(NC(=O)CN(C)C(=O)[C@@H](C)[NH+]2C[C@@H](C)O[C@@H](C)C2)cc1. The standard InChI is InChI=1S/C19H29N3O3/c1-13-6-8-17(9-7-13)20-18(23)12-21(5)19(24)16(4)22-10-14(2)25-15(3)11-22/h6-9,14-16H,10-12H2,1-5H3,(H,20,23)/p+1/t14-,15+,16-/m1/s1. The van der Waals surface area contributed by atoms with Crippen molar-refractivity contribution in [2.75, 3.05) is 32.0 Å². The molecule has 0 spiro atoms. The molecule has 6 heteroatoms. The number of carbonyl (C=O) groups is 2. The van der Waals surface area contributed by atoms with Crippen LogP contribution >= 0.6 is 0 Å². The van der Waals surface area contributed by atoms with Gasteiger partial charge in [-0.2, -0.15) is 0 Å². The number of likely N-dealkylation sites (N-methyl/N-ethyl adjacent to an activating group) is 1. The molecule has 2 rings (SSSR count). The monoisotopic (exact) mass is 348 g/mol. The first-order valence-corrected chi connectivity index (χ1v) is 8.87. The van der Waals surface area contributed by atoms with Crippen molar-refractivity contribution in [3.05, 3.63) is 29.8 Å². The largest absolute Gasteiger partial charge is 0.364 e. The molecule has 0 radical (unpaired) electrons. The van der Waals surface area contributed by atoms with Crippen LogP contribution in [0.15, 0.2) is 24.3 Å². The Bertz CT molecular complexity index is 592. The van der Waals surface area contributed by atoms with Crippen LogP contribution in [0, 0.1) is 6.92 Å². The van der Waals surface area contributed by atoms with Gasteiger partial charge in [-0.1, -0.05) is 17.7 Å². The fourth-order valence-corrected chi connectivity index (χ4v) is 3.30. The summed E-state index contributed by atoms with van der Waals surface area (Å²) in [6.07, 6.45) is 0.285. The maximum Gasteiger partial charge on any atom is 0.280 e. The maximum absolute atomic E-state index is 12.7. The van der Waals surface area contributed by atoms with Crippen molar-refractivity contribution >= 4 is 17.5 Å². The van der Waals surface area contributed by atoms with E-state index in [0.29, 0.717) is 0 Å². The van der Waals surface area contributed by atoms with Gasteiger partial charge in [-0.15, -0.1) is 0 Å². The Morgan fingerprint density at radius 1 is 1.24 bits per heavy atom. The summed E-state index contributed by atoms with van der Waals surface area (Å²) in [5, 5.41) is 2.83. The predicted octanol–water partition coefficient (Wildman–Crippen LogP) is 0.473. The zero-order chi connectivity index (χ0) is 18.6. The summed E-state index contributed by atoms with van der Waals surface area (Å²) >= 11 is 0. The molecule has 4 atom stereocenters. The van der Waals surface area contributed by atoms with Crippen LogP contribution in [0.1, 0.15) is 26.3 Å². The summed E-state index contributed by atoms with van der Waals surface area (Å²) in [4.78, 5) is 27.6. The highest BCUT2D eigenvalue weighted by atomic mass is 16.5. The summed E-state index contributed by atoms with van der Waals surface area (Å²) in [5.74, 6) is -0.207. The van der Waals surface area contributed by atoms with Gasteiger partial charge in [-0.3, -0.25) is 9.59 Å². The first-order valence-electron chi connectivity index (χ1n) is 8.87. The second-order valence-corrected chi connectivity index (χ2v) is 7.15. The lowest BCUT2D eigenvalue weighted by molar-refractivity contribution is -0.928. The third kappa shape index (κ3) is 5.54. The molecule has 1 saturated heterocycles. The summed E-state index contributed by atoms with van der Waals surface area (Å²) in [6, 6.07) is 7.41. The molecule has 2 N–H and O–H groups in total. The van der Waals surface area contributed by atoms with Crippen LogP contribution in [-0.2, 0) is 14.3 Å². The zero-order valence-electron chi connectivity index (χ0n) is 15.8. The number of quaternary nitrogens is 1. The molecule has 0 saturated carbocycles. The van der Waals surface area contributed by atoms with E-state index in [4.69, 9.17) is 4.74 Å². The molecule has 6 nitrogen and oxygen atoms in total. The molecule has 1 fully saturated rings. The molecule has 0 bridgehead atoms. The zero-order valence-corrected chi connectivity index (χ0v) is 15.8. The average molecular weight is 348 g/mol. The van der Waals surface area contributed by atoms with E-state index in [9.17, 15) is 9.59 Å². The predicted molar refractivity (Wildman–Crippen MR) is 97.6 cm³/mol. The molecule has 0 aliphatic carbocycles. The number of hydrogen-bond acceptors (Lipinski definition) is 3. The minimum absolute atomic E-state index is 0.0182. The number of benzene rings is 1. The van der Waals surface area contributed by atoms with Crippen molar-refractivity contribution in [2.45, 2.75) is 45.9 Å². The van der Waals surface area contributed by atoms with E-state index < -0.39 is 0 Å². The van der Waals surface area contributed by atoms with Gasteiger partial charge in [0.05, 0.1) is 6.54 Å². The number of rotatable bonds is 5. The fourth-order valence-electron chi connectivity index (χ4n) is 3.30. The Morgan fingerprint density at radius 3 is 2.36 bits per heavy atom. The van der Waals surface area contributed by atoms with Crippen LogP contribution < -0.4 is 10.2 Å². The first-order chi connectivity index (χ1) is 11.8. The van der Waals surface area contributed by atoms with Crippen molar-refractivity contribution in [1.29, 1.82) is 0 Å². The Balaban J connectivity index is 1.88. The molecule has 1 aromatic rings. The van der Waals surface area contributed by atoms with Gasteiger partial charge in [0.1, 0.15) is 25.3 Å². The van der Waals surface area contributed by atoms with Crippen molar-refractivity contribution < 1.29 is 19.2 Å². The molecule has 1 aliphatic heterocycles. The maximum atomic E-state index is 12.7. The number of morpholine rings is 1. The van der Waals surface area contributed by atoms with E-state index in [2.05, 4.69) is 5.32 Å². The van der Waals surface area contributed by atoms with Crippen molar-refractivity contribution in [3.8, 4) is 0 Å². The Hall–Kier alpha value is -1.92. The summed E-state index contributed by atoms with van der Waals surface area (Å²) in [5.41, 5.74) is 1.88. The molecule has 138 valence electrons. The van der Waals surface area contributed by atoms with Gasteiger partial charge in [0.25, 0.3) is 5.91 Å². The van der Waals surface area contributed by atoms with E-state index in [1.165, 1.54) is 9.80 Å². The van der Waals surface area contributed by atoms with Crippen molar-refractivity contribution in [2.24, 2.45) is 0 Å². The van der Waals surface area contributed by atoms with Crippen LogP contribution in [0.5, 0.6) is 0 Å². The fraction of sp³-hybridized carbons (Fsp3) is 0.579. The number of carbonyl (C=O) groups excluding carboxylic acids is 2. The Labute approximate surface area is 150 Å². The summed E-state index contributed by atoms with van der Waals surface area (Å²) in [7, 11) is 1.68. The van der Waals surface area contributed by atoms with Crippen LogP contribution in [0.25, 0.3) is 0 Å². The molecular weight excluding hydrogens is 318 g/mol. The first kappa shape index (κ1) is 19.4. The average Bonchev–Trinajstić information content (AvgIpc) is 2.54. The lowest BCUT2D eigenvalue weighted by Crippen LogP contribution is -3.19. The normalized spacial score (nSPS) is 24.4. The topological polar surface area (TPSA) is 63.1 Å². The summed E-state index contributed by atoms with van der Waals surface area (Å²) in [6.45, 7) is 9.65. The molecule has 1 heterocycles. The highest BCUT2D eigenvalue weighted by Gasteiger charge is 2.34. The number of anilines is 1. The number of hydrogen-bond donors (Lipinski definition) is 2. The molecule has 2 amide bonds. The lowest BCUT2D eigenvalue weighted by Gasteiger charge is -2.36. The lowest BCUT2D eigenvalue weighted by atomic mass is 10.1. The highest BCUT2D eigenvalue weighted by Crippen LogP contribution is 2.08. The minimum atomic E-state index is -0.189. The van der Waals surface area contributed by atoms with Gasteiger partial charge >= 0.3 is 0 Å². The Morgan fingerprint density at radius 2 is 1.80 bits per heavy atom. The summed E-state index contributed by atoms with van der Waals surface area (Å²) < 4.78 is 5.74. The van der Waals surface area contributed by atoms with Gasteiger partial charge in [0.2, 0.25) is 5.91 Å². The van der Waals surface area contributed by atoms with Crippen LogP contribution in [-0.4, -0.2) is 61.6 Å². The van der Waals surface area contributed by atoms with Crippen molar-refractivity contribution in [1.82, 2.24) is 4.90 Å². The minimum Gasteiger partial charge on any atom is -0.364 e. The Kier molecular flexibility index (Phi) is 6.56. The molecule has 25 heavy (non-hydrogen) atoms. The van der Waals surface area contributed by atoms with Gasteiger partial charge in [0.15, 0.2) is 6.04 Å². The molecule has 1 aliphatic rings. The van der Waals surface area contributed by atoms with E-state index in [0.717, 1.165) is 24.3 Å². The van der Waals surface area contributed by atoms with Gasteiger partial charge < -0.3 is 19.9 Å². The van der Waals surface area contributed by atoms with E-state index in [-0.39, 0.29) is 36.6 Å². The number of aryl methyl sites for hydroxylation is 1.